The van der Waals surface area contributed by atoms with Gasteiger partial charge in [0.1, 0.15) is 5.82 Å². The minimum absolute atomic E-state index is 0.315. The molecule has 9 nitrogen and oxygen atoms in total. The molecule has 1 aromatic rings. The third kappa shape index (κ3) is 7.01. The Morgan fingerprint density at radius 3 is 2.79 bits per heavy atom. The standard InChI is InChI=1S/C14H18FN3O6/c1-2-23-7-3-6-16-14(20)17-13(19)9-24-12-8-10(15)4-5-11(12)18(21)22/h4-5,8H,2-3,6-7,9H2,1H3,(H2,16,17,19,20). The van der Waals surface area contributed by atoms with Crippen LogP contribution in [0, 0.1) is 15.9 Å². The fourth-order valence-corrected chi connectivity index (χ4v) is 1.63. The van der Waals surface area contributed by atoms with Gasteiger partial charge in [-0.05, 0) is 19.4 Å². The first-order valence-electron chi connectivity index (χ1n) is 7.16. The normalized spacial score (nSPS) is 10.1. The Morgan fingerprint density at radius 1 is 1.38 bits per heavy atom. The molecule has 0 fully saturated rings. The summed E-state index contributed by atoms with van der Waals surface area (Å²) in [6.45, 7) is 2.55. The molecule has 0 spiro atoms. The molecule has 1 aromatic carbocycles. The van der Waals surface area contributed by atoms with Crippen LogP contribution < -0.4 is 15.4 Å². The van der Waals surface area contributed by atoms with Crippen LogP contribution in [0.5, 0.6) is 5.75 Å². The molecule has 1 rings (SSSR count). The van der Waals surface area contributed by atoms with Gasteiger partial charge in [-0.25, -0.2) is 9.18 Å². The summed E-state index contributed by atoms with van der Waals surface area (Å²) in [7, 11) is 0. The van der Waals surface area contributed by atoms with Crippen LogP contribution in [0.2, 0.25) is 0 Å². The largest absolute Gasteiger partial charge is 0.477 e. The predicted molar refractivity (Wildman–Crippen MR) is 81.2 cm³/mol. The molecular formula is C14H18FN3O6. The Bertz CT molecular complexity index is 596. The molecule has 0 aliphatic carbocycles. The molecule has 0 aliphatic rings. The highest BCUT2D eigenvalue weighted by Crippen LogP contribution is 2.27. The van der Waals surface area contributed by atoms with Gasteiger partial charge < -0.3 is 14.8 Å². The predicted octanol–water partition coefficient (Wildman–Crippen LogP) is 1.37. The smallest absolute Gasteiger partial charge is 0.321 e. The van der Waals surface area contributed by atoms with Crippen molar-refractivity contribution in [3.05, 3.63) is 34.1 Å². The zero-order valence-electron chi connectivity index (χ0n) is 13.0. The summed E-state index contributed by atoms with van der Waals surface area (Å²) in [5, 5.41) is 15.2. The number of ether oxygens (including phenoxy) is 2. The van der Waals surface area contributed by atoms with E-state index in [0.717, 1.165) is 18.2 Å². The van der Waals surface area contributed by atoms with Gasteiger partial charge in [-0.2, -0.15) is 0 Å². The highest BCUT2D eigenvalue weighted by Gasteiger charge is 2.17. The molecule has 0 saturated carbocycles. The SMILES string of the molecule is CCOCCCNC(=O)NC(=O)COc1cc(F)ccc1[N+](=O)[O-]. The Kier molecular flexibility index (Phi) is 8.13. The lowest BCUT2D eigenvalue weighted by molar-refractivity contribution is -0.385. The summed E-state index contributed by atoms with van der Waals surface area (Å²) >= 11 is 0. The van der Waals surface area contributed by atoms with Gasteiger partial charge in [0.2, 0.25) is 5.75 Å². The number of hydrogen-bond donors (Lipinski definition) is 2. The summed E-state index contributed by atoms with van der Waals surface area (Å²) in [6.07, 6.45) is 0.585. The van der Waals surface area contributed by atoms with Crippen molar-refractivity contribution in [3.8, 4) is 5.75 Å². The lowest BCUT2D eigenvalue weighted by Gasteiger charge is -2.08. The van der Waals surface area contributed by atoms with E-state index in [1.807, 2.05) is 12.2 Å². The van der Waals surface area contributed by atoms with E-state index in [0.29, 0.717) is 26.2 Å². The van der Waals surface area contributed by atoms with Gasteiger partial charge in [0.05, 0.1) is 4.92 Å². The van der Waals surface area contributed by atoms with Crippen molar-refractivity contribution in [1.29, 1.82) is 0 Å². The molecular weight excluding hydrogens is 325 g/mol. The quantitative estimate of drug-likeness (QED) is 0.397. The zero-order chi connectivity index (χ0) is 17.9. The van der Waals surface area contributed by atoms with Crippen molar-refractivity contribution in [2.24, 2.45) is 0 Å². The number of nitro groups is 1. The number of nitro benzene ring substituents is 1. The molecule has 2 N–H and O–H groups in total. The van der Waals surface area contributed by atoms with E-state index in [-0.39, 0.29) is 0 Å². The van der Waals surface area contributed by atoms with Crippen molar-refractivity contribution >= 4 is 17.6 Å². The fraction of sp³-hybridized carbons (Fsp3) is 0.429. The number of carbonyl (C=O) groups excluding carboxylic acids is 2. The van der Waals surface area contributed by atoms with Crippen LogP contribution in [-0.2, 0) is 9.53 Å². The van der Waals surface area contributed by atoms with Gasteiger partial charge in [-0.1, -0.05) is 0 Å². The fourth-order valence-electron chi connectivity index (χ4n) is 1.63. The van der Waals surface area contributed by atoms with Gasteiger partial charge in [0, 0.05) is 31.9 Å². The zero-order valence-corrected chi connectivity index (χ0v) is 13.0. The van der Waals surface area contributed by atoms with Gasteiger partial charge in [-0.15, -0.1) is 0 Å². The van der Waals surface area contributed by atoms with E-state index in [9.17, 15) is 24.1 Å². The van der Waals surface area contributed by atoms with E-state index < -0.39 is 40.7 Å². The molecule has 0 aliphatic heterocycles. The Morgan fingerprint density at radius 2 is 2.12 bits per heavy atom. The number of imide groups is 1. The number of hydrogen-bond acceptors (Lipinski definition) is 6. The molecule has 0 bridgehead atoms. The molecule has 0 unspecified atom stereocenters. The minimum Gasteiger partial charge on any atom is -0.477 e. The third-order valence-corrected chi connectivity index (χ3v) is 2.69. The number of amides is 3. The van der Waals surface area contributed by atoms with E-state index >= 15 is 0 Å². The second-order valence-corrected chi connectivity index (χ2v) is 4.51. The van der Waals surface area contributed by atoms with Gasteiger partial charge in [0.15, 0.2) is 6.61 Å². The highest BCUT2D eigenvalue weighted by molar-refractivity contribution is 5.95. The lowest BCUT2D eigenvalue weighted by Crippen LogP contribution is -2.42. The van der Waals surface area contributed by atoms with Crippen LogP contribution in [0.1, 0.15) is 13.3 Å². The summed E-state index contributed by atoms with van der Waals surface area (Å²) < 4.78 is 23.1. The Balaban J connectivity index is 2.40. The lowest BCUT2D eigenvalue weighted by atomic mass is 10.3. The topological polar surface area (TPSA) is 120 Å². The third-order valence-electron chi connectivity index (χ3n) is 2.69. The summed E-state index contributed by atoms with van der Waals surface area (Å²) in [5.74, 6) is -1.97. The summed E-state index contributed by atoms with van der Waals surface area (Å²) in [5.41, 5.74) is -0.482. The number of benzene rings is 1. The van der Waals surface area contributed by atoms with Crippen LogP contribution >= 0.6 is 0 Å². The number of nitrogens with zero attached hydrogens (tertiary/aromatic N) is 1. The van der Waals surface area contributed by atoms with Gasteiger partial charge >= 0.3 is 11.7 Å². The van der Waals surface area contributed by atoms with Crippen molar-refractivity contribution in [2.45, 2.75) is 13.3 Å². The van der Waals surface area contributed by atoms with Crippen LogP contribution in [-0.4, -0.2) is 43.2 Å². The second-order valence-electron chi connectivity index (χ2n) is 4.51. The monoisotopic (exact) mass is 343 g/mol. The average molecular weight is 343 g/mol. The molecule has 0 atom stereocenters. The molecule has 10 heteroatoms. The molecule has 24 heavy (non-hydrogen) atoms. The van der Waals surface area contributed by atoms with E-state index in [1.54, 1.807) is 0 Å². The first-order valence-corrected chi connectivity index (χ1v) is 7.16. The number of carbonyl (C=O) groups is 2. The maximum Gasteiger partial charge on any atom is 0.321 e. The highest BCUT2D eigenvalue weighted by atomic mass is 19.1. The van der Waals surface area contributed by atoms with E-state index in [2.05, 4.69) is 5.32 Å². The summed E-state index contributed by atoms with van der Waals surface area (Å²) in [4.78, 5) is 33.0. The second kappa shape index (κ2) is 10.1. The van der Waals surface area contributed by atoms with Crippen molar-refractivity contribution in [3.63, 3.8) is 0 Å². The van der Waals surface area contributed by atoms with Crippen LogP contribution in [0.25, 0.3) is 0 Å². The minimum atomic E-state index is -0.823. The Hall–Kier alpha value is -2.75. The molecule has 132 valence electrons. The Labute approximate surface area is 137 Å². The molecule has 0 heterocycles. The summed E-state index contributed by atoms with van der Waals surface area (Å²) in [6, 6.07) is 1.89. The van der Waals surface area contributed by atoms with Crippen LogP contribution in [0.4, 0.5) is 14.9 Å². The molecule has 0 aromatic heterocycles. The van der Waals surface area contributed by atoms with Crippen molar-refractivity contribution in [1.82, 2.24) is 10.6 Å². The number of rotatable bonds is 9. The van der Waals surface area contributed by atoms with E-state index in [4.69, 9.17) is 9.47 Å². The molecule has 0 saturated heterocycles. The maximum atomic E-state index is 13.1. The van der Waals surface area contributed by atoms with Crippen LogP contribution in [0.15, 0.2) is 18.2 Å². The number of nitrogens with one attached hydrogen (secondary N) is 2. The maximum absolute atomic E-state index is 13.1. The van der Waals surface area contributed by atoms with Crippen molar-refractivity contribution < 1.29 is 28.4 Å². The first-order chi connectivity index (χ1) is 11.4. The average Bonchev–Trinajstić information content (AvgIpc) is 2.52. The van der Waals surface area contributed by atoms with Crippen LogP contribution in [0.3, 0.4) is 0 Å². The number of urea groups is 1. The molecule has 3 amide bonds. The number of halogens is 1. The first kappa shape index (κ1) is 19.3. The van der Waals surface area contributed by atoms with Crippen molar-refractivity contribution in [2.75, 3.05) is 26.4 Å². The van der Waals surface area contributed by atoms with Gasteiger partial charge in [-0.3, -0.25) is 20.2 Å². The van der Waals surface area contributed by atoms with Gasteiger partial charge in [0.25, 0.3) is 5.91 Å². The molecule has 0 radical (unpaired) electrons. The van der Waals surface area contributed by atoms with E-state index in [1.165, 1.54) is 0 Å².